The van der Waals surface area contributed by atoms with E-state index in [1.54, 1.807) is 12.1 Å². The van der Waals surface area contributed by atoms with Gasteiger partial charge in [0.2, 0.25) is 5.91 Å². The lowest BCUT2D eigenvalue weighted by Gasteiger charge is -2.03. The summed E-state index contributed by atoms with van der Waals surface area (Å²) in [5, 5.41) is 18.9. The molecule has 0 bridgehead atoms. The smallest absolute Gasteiger partial charge is 0.246 e. The van der Waals surface area contributed by atoms with E-state index in [1.807, 2.05) is 18.2 Å². The van der Waals surface area contributed by atoms with Gasteiger partial charge < -0.3 is 10.4 Å². The SMILES string of the molecule is O=C(Cn1cc(CO)nn1)Nc1ccccc1. The highest BCUT2D eigenvalue weighted by atomic mass is 16.3. The maximum absolute atomic E-state index is 11.6. The monoisotopic (exact) mass is 232 g/mol. The molecule has 0 aliphatic carbocycles. The Bertz CT molecular complexity index is 495. The number of rotatable bonds is 4. The highest BCUT2D eigenvalue weighted by Crippen LogP contribution is 2.04. The molecule has 0 saturated heterocycles. The number of nitrogens with zero attached hydrogens (tertiary/aromatic N) is 3. The molecule has 1 amide bonds. The number of nitrogens with one attached hydrogen (secondary N) is 1. The molecule has 1 aromatic carbocycles. The number of hydrogen-bond acceptors (Lipinski definition) is 4. The van der Waals surface area contributed by atoms with Gasteiger partial charge in [-0.25, -0.2) is 4.68 Å². The zero-order valence-corrected chi connectivity index (χ0v) is 9.08. The second-order valence-electron chi connectivity index (χ2n) is 3.48. The largest absolute Gasteiger partial charge is 0.390 e. The summed E-state index contributed by atoms with van der Waals surface area (Å²) >= 11 is 0. The molecule has 2 N–H and O–H groups in total. The predicted octanol–water partition coefficient (Wildman–Crippen LogP) is 0.409. The summed E-state index contributed by atoms with van der Waals surface area (Å²) < 4.78 is 1.38. The first-order valence-electron chi connectivity index (χ1n) is 5.12. The Hall–Kier alpha value is -2.21. The molecule has 2 rings (SSSR count). The van der Waals surface area contributed by atoms with Gasteiger partial charge in [-0.15, -0.1) is 5.10 Å². The molecular weight excluding hydrogens is 220 g/mol. The quantitative estimate of drug-likeness (QED) is 0.800. The number of anilines is 1. The van der Waals surface area contributed by atoms with Crippen LogP contribution in [0.25, 0.3) is 0 Å². The molecule has 0 unspecified atom stereocenters. The molecule has 6 nitrogen and oxygen atoms in total. The summed E-state index contributed by atoms with van der Waals surface area (Å²) in [6.45, 7) is -0.109. The Balaban J connectivity index is 1.93. The molecular formula is C11H12N4O2. The summed E-state index contributed by atoms with van der Waals surface area (Å²) in [6, 6.07) is 9.17. The van der Waals surface area contributed by atoms with Crippen molar-refractivity contribution in [2.75, 3.05) is 5.32 Å². The minimum atomic E-state index is -0.189. The van der Waals surface area contributed by atoms with E-state index in [4.69, 9.17) is 5.11 Å². The third kappa shape index (κ3) is 3.12. The van der Waals surface area contributed by atoms with Crippen LogP contribution in [0.15, 0.2) is 36.5 Å². The van der Waals surface area contributed by atoms with Gasteiger partial charge in [-0.2, -0.15) is 0 Å². The number of carbonyl (C=O) groups is 1. The van der Waals surface area contributed by atoms with Crippen LogP contribution < -0.4 is 5.32 Å². The summed E-state index contributed by atoms with van der Waals surface area (Å²) in [7, 11) is 0. The summed E-state index contributed by atoms with van der Waals surface area (Å²) in [5.41, 5.74) is 1.18. The average Bonchev–Trinajstić information content (AvgIpc) is 2.78. The fraction of sp³-hybridized carbons (Fsp3) is 0.182. The van der Waals surface area contributed by atoms with Gasteiger partial charge in [0.1, 0.15) is 12.2 Å². The third-order valence-corrected chi connectivity index (χ3v) is 2.11. The summed E-state index contributed by atoms with van der Waals surface area (Å²) in [6.07, 6.45) is 1.53. The van der Waals surface area contributed by atoms with Gasteiger partial charge in [-0.1, -0.05) is 23.4 Å². The average molecular weight is 232 g/mol. The Morgan fingerprint density at radius 3 is 2.76 bits per heavy atom. The van der Waals surface area contributed by atoms with Crippen molar-refractivity contribution in [1.29, 1.82) is 0 Å². The van der Waals surface area contributed by atoms with Crippen LogP contribution in [-0.4, -0.2) is 26.0 Å². The molecule has 0 aliphatic rings. The number of hydrogen-bond donors (Lipinski definition) is 2. The van der Waals surface area contributed by atoms with Gasteiger partial charge in [0.25, 0.3) is 0 Å². The van der Waals surface area contributed by atoms with E-state index in [1.165, 1.54) is 10.9 Å². The molecule has 17 heavy (non-hydrogen) atoms. The topological polar surface area (TPSA) is 80.0 Å². The van der Waals surface area contributed by atoms with E-state index in [-0.39, 0.29) is 19.1 Å². The zero-order chi connectivity index (χ0) is 12.1. The minimum Gasteiger partial charge on any atom is -0.390 e. The highest BCUT2D eigenvalue weighted by molar-refractivity contribution is 5.90. The number of carbonyl (C=O) groups excluding carboxylic acids is 1. The van der Waals surface area contributed by atoms with Crippen molar-refractivity contribution in [1.82, 2.24) is 15.0 Å². The van der Waals surface area contributed by atoms with E-state index in [0.29, 0.717) is 5.69 Å². The van der Waals surface area contributed by atoms with Crippen LogP contribution in [-0.2, 0) is 17.9 Å². The molecule has 2 aromatic rings. The second-order valence-corrected chi connectivity index (χ2v) is 3.48. The maximum Gasteiger partial charge on any atom is 0.246 e. The number of aliphatic hydroxyl groups excluding tert-OH is 1. The number of aromatic nitrogens is 3. The van der Waals surface area contributed by atoms with Gasteiger partial charge in [0.15, 0.2) is 0 Å². The van der Waals surface area contributed by atoms with E-state index >= 15 is 0 Å². The van der Waals surface area contributed by atoms with Crippen LogP contribution in [0.1, 0.15) is 5.69 Å². The fourth-order valence-electron chi connectivity index (χ4n) is 1.36. The molecule has 0 fully saturated rings. The number of aliphatic hydroxyl groups is 1. The van der Waals surface area contributed by atoms with Crippen LogP contribution in [0, 0.1) is 0 Å². The maximum atomic E-state index is 11.6. The lowest BCUT2D eigenvalue weighted by atomic mass is 10.3. The molecule has 6 heteroatoms. The van der Waals surface area contributed by atoms with Gasteiger partial charge in [0, 0.05) is 5.69 Å². The normalized spacial score (nSPS) is 10.2. The van der Waals surface area contributed by atoms with Crippen LogP contribution >= 0.6 is 0 Å². The van der Waals surface area contributed by atoms with E-state index in [9.17, 15) is 4.79 Å². The van der Waals surface area contributed by atoms with E-state index < -0.39 is 0 Å². The van der Waals surface area contributed by atoms with Crippen LogP contribution in [0.2, 0.25) is 0 Å². The molecule has 0 spiro atoms. The molecule has 1 aromatic heterocycles. The zero-order valence-electron chi connectivity index (χ0n) is 9.08. The molecule has 88 valence electrons. The van der Waals surface area contributed by atoms with Crippen LogP contribution in [0.4, 0.5) is 5.69 Å². The molecule has 1 heterocycles. The lowest BCUT2D eigenvalue weighted by molar-refractivity contribution is -0.116. The van der Waals surface area contributed by atoms with E-state index in [0.717, 1.165) is 5.69 Å². The highest BCUT2D eigenvalue weighted by Gasteiger charge is 2.05. The number of amides is 1. The van der Waals surface area contributed by atoms with Crippen LogP contribution in [0.5, 0.6) is 0 Å². The standard InChI is InChI=1S/C11H12N4O2/c16-8-10-6-15(14-13-10)7-11(17)12-9-4-2-1-3-5-9/h1-6,16H,7-8H2,(H,12,17). The molecule has 0 saturated carbocycles. The van der Waals surface area contributed by atoms with Gasteiger partial charge >= 0.3 is 0 Å². The second kappa shape index (κ2) is 5.22. The first kappa shape index (κ1) is 11.3. The third-order valence-electron chi connectivity index (χ3n) is 2.11. The fourth-order valence-corrected chi connectivity index (χ4v) is 1.36. The van der Waals surface area contributed by atoms with Crippen molar-refractivity contribution in [2.45, 2.75) is 13.2 Å². The first-order chi connectivity index (χ1) is 8.28. The van der Waals surface area contributed by atoms with E-state index in [2.05, 4.69) is 15.6 Å². The minimum absolute atomic E-state index is 0.0713. The van der Waals surface area contributed by atoms with Crippen molar-refractivity contribution in [3.8, 4) is 0 Å². The summed E-state index contributed by atoms with van der Waals surface area (Å²) in [5.74, 6) is -0.189. The van der Waals surface area contributed by atoms with Crippen LogP contribution in [0.3, 0.4) is 0 Å². The Kier molecular flexibility index (Phi) is 3.46. The van der Waals surface area contributed by atoms with Gasteiger partial charge in [-0.05, 0) is 12.1 Å². The number of benzene rings is 1. The molecule has 0 radical (unpaired) electrons. The van der Waals surface area contributed by atoms with Gasteiger partial charge in [-0.3, -0.25) is 4.79 Å². The van der Waals surface area contributed by atoms with Crippen molar-refractivity contribution < 1.29 is 9.90 Å². The first-order valence-corrected chi connectivity index (χ1v) is 5.12. The van der Waals surface area contributed by atoms with Crippen molar-refractivity contribution >= 4 is 11.6 Å². The molecule has 0 atom stereocenters. The summed E-state index contributed by atoms with van der Waals surface area (Å²) in [4.78, 5) is 11.6. The number of para-hydroxylation sites is 1. The van der Waals surface area contributed by atoms with Gasteiger partial charge in [0.05, 0.1) is 12.8 Å². The Labute approximate surface area is 97.9 Å². The lowest BCUT2D eigenvalue weighted by Crippen LogP contribution is -2.19. The van der Waals surface area contributed by atoms with Crippen molar-refractivity contribution in [3.05, 3.63) is 42.2 Å². The Morgan fingerprint density at radius 2 is 2.12 bits per heavy atom. The van der Waals surface area contributed by atoms with Crippen molar-refractivity contribution in [3.63, 3.8) is 0 Å². The predicted molar refractivity (Wildman–Crippen MR) is 61.0 cm³/mol. The Morgan fingerprint density at radius 1 is 1.35 bits per heavy atom. The molecule has 0 aliphatic heterocycles. The van der Waals surface area contributed by atoms with Crippen molar-refractivity contribution in [2.24, 2.45) is 0 Å².